The van der Waals surface area contributed by atoms with Crippen LogP contribution in [0.15, 0.2) is 69.2 Å². The summed E-state index contributed by atoms with van der Waals surface area (Å²) in [5.74, 6) is 0.0916. The van der Waals surface area contributed by atoms with Gasteiger partial charge in [0.2, 0.25) is 0 Å². The molecule has 0 aliphatic heterocycles. The molecule has 0 aliphatic rings. The molecule has 0 saturated carbocycles. The predicted molar refractivity (Wildman–Crippen MR) is 111 cm³/mol. The number of fused-ring (bicyclic) bond motifs is 1. The van der Waals surface area contributed by atoms with Gasteiger partial charge in [-0.2, -0.15) is 0 Å². The van der Waals surface area contributed by atoms with E-state index in [0.717, 1.165) is 20.9 Å². The minimum Gasteiger partial charge on any atom is -0.300 e. The highest BCUT2D eigenvalue weighted by molar-refractivity contribution is 7.98. The van der Waals surface area contributed by atoms with Gasteiger partial charge in [0, 0.05) is 47.9 Å². The molecule has 4 aromatic rings. The molecule has 2 aromatic heterocycles. The molecule has 4 rings (SSSR count). The second kappa shape index (κ2) is 7.63. The van der Waals surface area contributed by atoms with Crippen LogP contribution in [-0.2, 0) is 19.8 Å². The Morgan fingerprint density at radius 3 is 2.34 bits per heavy atom. The lowest BCUT2D eigenvalue weighted by molar-refractivity contribution is 0.628. The predicted octanol–water partition coefficient (Wildman–Crippen LogP) is 3.13. The Balaban J connectivity index is 1.73. The fourth-order valence-corrected chi connectivity index (χ4v) is 4.06. The summed E-state index contributed by atoms with van der Waals surface area (Å²) in [6, 6.07) is 15.3. The zero-order valence-electron chi connectivity index (χ0n) is 15.8. The molecular formula is C21H17FN4O2S. The molecule has 146 valence electrons. The fraction of sp³-hybridized carbons (Fsp3) is 0.143. The van der Waals surface area contributed by atoms with Gasteiger partial charge in [0.25, 0.3) is 5.56 Å². The molecule has 0 radical (unpaired) electrons. The second-order valence-corrected chi connectivity index (χ2v) is 7.53. The quantitative estimate of drug-likeness (QED) is 0.485. The average Bonchev–Trinajstić information content (AvgIpc) is 2.74. The largest absolute Gasteiger partial charge is 0.330 e. The molecule has 0 saturated heterocycles. The van der Waals surface area contributed by atoms with Gasteiger partial charge >= 0.3 is 5.69 Å². The third-order valence-corrected chi connectivity index (χ3v) is 5.77. The van der Waals surface area contributed by atoms with Gasteiger partial charge in [-0.1, -0.05) is 36.0 Å². The van der Waals surface area contributed by atoms with Gasteiger partial charge < -0.3 is 0 Å². The molecule has 8 heteroatoms. The smallest absolute Gasteiger partial charge is 0.300 e. The van der Waals surface area contributed by atoms with Gasteiger partial charge in [-0.25, -0.2) is 9.18 Å². The van der Waals surface area contributed by atoms with Crippen LogP contribution < -0.4 is 11.2 Å². The zero-order chi connectivity index (χ0) is 20.5. The number of hydrogen-bond donors (Lipinski definition) is 0. The van der Waals surface area contributed by atoms with Crippen LogP contribution in [0, 0.1) is 5.82 Å². The molecule has 0 aliphatic carbocycles. The summed E-state index contributed by atoms with van der Waals surface area (Å²) in [4.78, 5) is 24.1. The highest BCUT2D eigenvalue weighted by atomic mass is 32.2. The topological polar surface area (TPSA) is 69.8 Å². The molecule has 0 N–H and O–H groups in total. The number of hydrogen-bond acceptors (Lipinski definition) is 5. The van der Waals surface area contributed by atoms with Crippen molar-refractivity contribution < 1.29 is 4.39 Å². The van der Waals surface area contributed by atoms with Crippen molar-refractivity contribution in [2.24, 2.45) is 14.1 Å². The zero-order valence-corrected chi connectivity index (χ0v) is 16.6. The Hall–Kier alpha value is -3.26. The monoisotopic (exact) mass is 408 g/mol. The summed E-state index contributed by atoms with van der Waals surface area (Å²) in [6.07, 6.45) is 0. The van der Waals surface area contributed by atoms with Crippen LogP contribution in [0.1, 0.15) is 5.69 Å². The van der Waals surface area contributed by atoms with Crippen LogP contribution in [-0.4, -0.2) is 19.3 Å². The molecule has 29 heavy (non-hydrogen) atoms. The van der Waals surface area contributed by atoms with Crippen molar-refractivity contribution in [3.05, 3.63) is 86.9 Å². The number of thioether (sulfide) groups is 1. The van der Waals surface area contributed by atoms with E-state index in [1.54, 1.807) is 19.2 Å². The number of aromatic nitrogens is 4. The van der Waals surface area contributed by atoms with Crippen molar-refractivity contribution in [2.75, 3.05) is 0 Å². The maximum atomic E-state index is 13.3. The second-order valence-electron chi connectivity index (χ2n) is 6.57. The molecule has 0 spiro atoms. The van der Waals surface area contributed by atoms with E-state index in [-0.39, 0.29) is 17.1 Å². The lowest BCUT2D eigenvalue weighted by Gasteiger charge is -2.11. The Kier molecular flexibility index (Phi) is 5.02. The average molecular weight is 408 g/mol. The maximum Gasteiger partial charge on any atom is 0.330 e. The van der Waals surface area contributed by atoms with Crippen LogP contribution in [0.3, 0.4) is 0 Å². The van der Waals surface area contributed by atoms with E-state index in [0.29, 0.717) is 22.2 Å². The van der Waals surface area contributed by atoms with E-state index in [9.17, 15) is 14.0 Å². The van der Waals surface area contributed by atoms with Gasteiger partial charge in [-0.3, -0.25) is 13.9 Å². The molecular weight excluding hydrogens is 391 g/mol. The Bertz CT molecular complexity index is 1330. The number of nitrogens with zero attached hydrogens (tertiary/aromatic N) is 4. The van der Waals surface area contributed by atoms with Gasteiger partial charge in [0.1, 0.15) is 16.5 Å². The Labute approximate surface area is 169 Å². The van der Waals surface area contributed by atoms with E-state index in [2.05, 4.69) is 10.2 Å². The van der Waals surface area contributed by atoms with Crippen LogP contribution in [0.4, 0.5) is 4.39 Å². The van der Waals surface area contributed by atoms with E-state index in [4.69, 9.17) is 0 Å². The lowest BCUT2D eigenvalue weighted by atomic mass is 10.1. The van der Waals surface area contributed by atoms with E-state index in [1.165, 1.54) is 41.6 Å². The molecule has 0 unspecified atom stereocenters. The summed E-state index contributed by atoms with van der Waals surface area (Å²) < 4.78 is 15.8. The van der Waals surface area contributed by atoms with E-state index >= 15 is 0 Å². The van der Waals surface area contributed by atoms with Crippen molar-refractivity contribution in [3.63, 3.8) is 0 Å². The Morgan fingerprint density at radius 1 is 0.931 bits per heavy atom. The van der Waals surface area contributed by atoms with E-state index < -0.39 is 0 Å². The minimum absolute atomic E-state index is 0.308. The molecule has 0 bridgehead atoms. The summed E-state index contributed by atoms with van der Waals surface area (Å²) >= 11 is 1.41. The number of benzene rings is 2. The van der Waals surface area contributed by atoms with Crippen LogP contribution in [0.25, 0.3) is 22.0 Å². The van der Waals surface area contributed by atoms with Crippen LogP contribution in [0.5, 0.6) is 0 Å². The van der Waals surface area contributed by atoms with Gasteiger partial charge in [0.05, 0.1) is 0 Å². The van der Waals surface area contributed by atoms with Crippen molar-refractivity contribution in [3.8, 4) is 11.3 Å². The van der Waals surface area contributed by atoms with Crippen molar-refractivity contribution in [2.45, 2.75) is 10.8 Å². The summed E-state index contributed by atoms with van der Waals surface area (Å²) in [5, 5.41) is 11.2. The third-order valence-electron chi connectivity index (χ3n) is 4.75. The maximum absolute atomic E-state index is 13.3. The van der Waals surface area contributed by atoms with E-state index in [1.807, 2.05) is 24.3 Å². The van der Waals surface area contributed by atoms with Crippen LogP contribution >= 0.6 is 11.8 Å². The molecule has 0 atom stereocenters. The lowest BCUT2D eigenvalue weighted by Crippen LogP contribution is -2.37. The highest BCUT2D eigenvalue weighted by Crippen LogP contribution is 2.32. The third kappa shape index (κ3) is 3.58. The van der Waals surface area contributed by atoms with Crippen molar-refractivity contribution in [1.29, 1.82) is 0 Å². The molecule has 2 aromatic carbocycles. The van der Waals surface area contributed by atoms with Crippen molar-refractivity contribution in [1.82, 2.24) is 19.3 Å². The molecule has 0 amide bonds. The van der Waals surface area contributed by atoms with Crippen LogP contribution in [0.2, 0.25) is 0 Å². The molecule has 6 nitrogen and oxygen atoms in total. The SMILES string of the molecule is Cn1c(CSc2nnc(-c3ccc(F)cc3)c3ccccc23)cc(=O)n(C)c1=O. The first-order valence-electron chi connectivity index (χ1n) is 8.86. The first-order valence-corrected chi connectivity index (χ1v) is 9.84. The summed E-state index contributed by atoms with van der Waals surface area (Å²) in [7, 11) is 3.09. The summed E-state index contributed by atoms with van der Waals surface area (Å²) in [5.41, 5.74) is 1.35. The highest BCUT2D eigenvalue weighted by Gasteiger charge is 2.13. The van der Waals surface area contributed by atoms with Crippen molar-refractivity contribution >= 4 is 22.5 Å². The molecule has 2 heterocycles. The first kappa shape index (κ1) is 19.1. The van der Waals surface area contributed by atoms with Gasteiger partial charge in [-0.15, -0.1) is 10.2 Å². The number of rotatable bonds is 4. The fourth-order valence-electron chi connectivity index (χ4n) is 3.07. The molecule has 0 fully saturated rings. The minimum atomic E-state index is -0.365. The standard InChI is InChI=1S/C21H17FN4O2S/c1-25-15(11-18(27)26(2)21(25)28)12-29-20-17-6-4-3-5-16(17)19(23-24-20)13-7-9-14(22)10-8-13/h3-11H,12H2,1-2H3. The first-order chi connectivity index (χ1) is 14.0. The number of halogens is 1. The van der Waals surface area contributed by atoms with Gasteiger partial charge in [0.15, 0.2) is 0 Å². The van der Waals surface area contributed by atoms with Gasteiger partial charge in [-0.05, 0) is 24.3 Å². The Morgan fingerprint density at radius 2 is 1.62 bits per heavy atom. The normalized spacial score (nSPS) is 11.1. The summed E-state index contributed by atoms with van der Waals surface area (Å²) in [6.45, 7) is 0.